The average Bonchev–Trinajstić information content (AvgIpc) is 2.88. The number of hydrogen-bond donors (Lipinski definition) is 2. The van der Waals surface area contributed by atoms with Crippen molar-refractivity contribution in [2.24, 2.45) is 4.99 Å². The van der Waals surface area contributed by atoms with Gasteiger partial charge in [0, 0.05) is 12.4 Å². The zero-order valence-corrected chi connectivity index (χ0v) is 10.2. The lowest BCUT2D eigenvalue weighted by atomic mass is 10.3. The third kappa shape index (κ3) is 2.28. The van der Waals surface area contributed by atoms with E-state index in [-0.39, 0.29) is 0 Å². The van der Waals surface area contributed by atoms with Gasteiger partial charge in [-0.05, 0) is 18.9 Å². The molecule has 2 N–H and O–H groups in total. The van der Waals surface area contributed by atoms with Crippen molar-refractivity contribution in [3.63, 3.8) is 0 Å². The summed E-state index contributed by atoms with van der Waals surface area (Å²) in [5.41, 5.74) is 3.43. The van der Waals surface area contributed by atoms with Crippen LogP contribution in [0.2, 0.25) is 0 Å². The van der Waals surface area contributed by atoms with Crippen LogP contribution in [0.3, 0.4) is 0 Å². The molecule has 3 aromatic rings. The normalized spacial score (nSPS) is 10.5. The van der Waals surface area contributed by atoms with E-state index in [1.807, 2.05) is 6.07 Å². The minimum absolute atomic E-state index is 0.558. The van der Waals surface area contributed by atoms with Crippen LogP contribution in [-0.4, -0.2) is 26.7 Å². The Morgan fingerprint density at radius 1 is 1.21 bits per heavy atom. The van der Waals surface area contributed by atoms with Gasteiger partial charge >= 0.3 is 0 Å². The molecule has 0 aromatic carbocycles. The molecule has 0 saturated heterocycles. The molecule has 3 heterocycles. The number of pyridine rings is 2. The van der Waals surface area contributed by atoms with Crippen LogP contribution in [0.5, 0.6) is 0 Å². The van der Waals surface area contributed by atoms with Crippen molar-refractivity contribution in [1.82, 2.24) is 19.9 Å². The summed E-state index contributed by atoms with van der Waals surface area (Å²) in [5.74, 6) is 0.835. The van der Waals surface area contributed by atoms with Crippen molar-refractivity contribution in [2.75, 3.05) is 5.32 Å². The fourth-order valence-corrected chi connectivity index (χ4v) is 1.83. The third-order valence-corrected chi connectivity index (χ3v) is 2.75. The van der Waals surface area contributed by atoms with E-state index in [9.17, 15) is 0 Å². The van der Waals surface area contributed by atoms with Crippen molar-refractivity contribution < 1.29 is 0 Å². The minimum atomic E-state index is 0.558. The SMILES string of the molecule is C=Nc1ccncc1NCc1nc2ccncc2[nH]1. The van der Waals surface area contributed by atoms with Crippen LogP contribution in [0.1, 0.15) is 5.82 Å². The topological polar surface area (TPSA) is 78.8 Å². The number of nitrogens with zero attached hydrogens (tertiary/aromatic N) is 4. The molecule has 0 fully saturated rings. The second kappa shape index (κ2) is 4.85. The van der Waals surface area contributed by atoms with Crippen molar-refractivity contribution in [3.8, 4) is 0 Å². The van der Waals surface area contributed by atoms with Crippen molar-refractivity contribution in [2.45, 2.75) is 6.54 Å². The van der Waals surface area contributed by atoms with Crippen LogP contribution in [-0.2, 0) is 6.54 Å². The molecule has 0 saturated carbocycles. The summed E-state index contributed by atoms with van der Waals surface area (Å²) < 4.78 is 0. The Hall–Kier alpha value is -2.76. The second-order valence-corrected chi connectivity index (χ2v) is 3.98. The molecule has 0 spiro atoms. The number of aliphatic imine (C=N–C) groups is 1. The van der Waals surface area contributed by atoms with E-state index in [0.29, 0.717) is 6.54 Å². The first-order valence-corrected chi connectivity index (χ1v) is 5.80. The molecule has 0 bridgehead atoms. The highest BCUT2D eigenvalue weighted by Crippen LogP contribution is 2.22. The van der Waals surface area contributed by atoms with E-state index in [2.05, 4.69) is 37.0 Å². The molecule has 3 aromatic heterocycles. The highest BCUT2D eigenvalue weighted by atomic mass is 15.0. The monoisotopic (exact) mass is 252 g/mol. The third-order valence-electron chi connectivity index (χ3n) is 2.75. The minimum Gasteiger partial charge on any atom is -0.375 e. The van der Waals surface area contributed by atoms with E-state index in [4.69, 9.17) is 0 Å². The van der Waals surface area contributed by atoms with E-state index >= 15 is 0 Å². The van der Waals surface area contributed by atoms with Crippen LogP contribution in [0.25, 0.3) is 11.0 Å². The molecule has 0 atom stereocenters. The van der Waals surface area contributed by atoms with Crippen molar-refractivity contribution >= 4 is 29.1 Å². The van der Waals surface area contributed by atoms with Gasteiger partial charge in [-0.25, -0.2) is 4.98 Å². The first-order valence-electron chi connectivity index (χ1n) is 5.80. The first kappa shape index (κ1) is 11.3. The number of H-pyrrole nitrogens is 1. The smallest absolute Gasteiger partial charge is 0.126 e. The molecule has 3 rings (SSSR count). The number of hydrogen-bond acceptors (Lipinski definition) is 5. The molecule has 0 amide bonds. The predicted molar refractivity (Wildman–Crippen MR) is 74.7 cm³/mol. The maximum Gasteiger partial charge on any atom is 0.126 e. The number of rotatable bonds is 4. The van der Waals surface area contributed by atoms with E-state index in [0.717, 1.165) is 28.2 Å². The molecular formula is C13H12N6. The van der Waals surface area contributed by atoms with E-state index in [1.54, 1.807) is 30.9 Å². The molecule has 0 aliphatic carbocycles. The summed E-state index contributed by atoms with van der Waals surface area (Å²) in [7, 11) is 0. The number of aromatic amines is 1. The first-order chi connectivity index (χ1) is 9.36. The van der Waals surface area contributed by atoms with Gasteiger partial charge in [-0.2, -0.15) is 0 Å². The molecule has 19 heavy (non-hydrogen) atoms. The van der Waals surface area contributed by atoms with Gasteiger partial charge in [0.05, 0.1) is 41.3 Å². The Morgan fingerprint density at radius 3 is 2.89 bits per heavy atom. The molecule has 6 heteroatoms. The van der Waals surface area contributed by atoms with Gasteiger partial charge in [0.1, 0.15) is 5.82 Å². The maximum absolute atomic E-state index is 4.46. The zero-order valence-electron chi connectivity index (χ0n) is 10.2. The van der Waals surface area contributed by atoms with Crippen LogP contribution in [0.4, 0.5) is 11.4 Å². The molecule has 94 valence electrons. The van der Waals surface area contributed by atoms with Gasteiger partial charge in [-0.15, -0.1) is 0 Å². The lowest BCUT2D eigenvalue weighted by Crippen LogP contribution is -2.01. The Morgan fingerprint density at radius 2 is 2.05 bits per heavy atom. The molecule has 6 nitrogen and oxygen atoms in total. The molecule has 0 aliphatic rings. The summed E-state index contributed by atoms with van der Waals surface area (Å²) in [5, 5.41) is 3.23. The van der Waals surface area contributed by atoms with E-state index < -0.39 is 0 Å². The number of aromatic nitrogens is 4. The van der Waals surface area contributed by atoms with Crippen molar-refractivity contribution in [1.29, 1.82) is 0 Å². The van der Waals surface area contributed by atoms with Gasteiger partial charge in [0.25, 0.3) is 0 Å². The Balaban J connectivity index is 1.80. The fraction of sp³-hybridized carbons (Fsp3) is 0.0769. The predicted octanol–water partition coefficient (Wildman–Crippen LogP) is 2.30. The highest BCUT2D eigenvalue weighted by Gasteiger charge is 2.04. The van der Waals surface area contributed by atoms with Crippen LogP contribution >= 0.6 is 0 Å². The largest absolute Gasteiger partial charge is 0.375 e. The standard InChI is InChI=1S/C13H12N6/c1-14-9-2-4-15-6-11(9)17-8-13-18-10-3-5-16-7-12(10)19-13/h2-7,17H,1,8H2,(H,18,19). The lowest BCUT2D eigenvalue weighted by Gasteiger charge is -2.06. The summed E-state index contributed by atoms with van der Waals surface area (Å²) >= 11 is 0. The molecule has 0 radical (unpaired) electrons. The summed E-state index contributed by atoms with van der Waals surface area (Å²) in [6.07, 6.45) is 6.88. The van der Waals surface area contributed by atoms with Gasteiger partial charge in [0.15, 0.2) is 0 Å². The Bertz CT molecular complexity index is 685. The highest BCUT2D eigenvalue weighted by molar-refractivity contribution is 5.73. The van der Waals surface area contributed by atoms with Crippen LogP contribution in [0, 0.1) is 0 Å². The molecule has 0 aliphatic heterocycles. The average molecular weight is 252 g/mol. The van der Waals surface area contributed by atoms with Crippen LogP contribution < -0.4 is 5.32 Å². The van der Waals surface area contributed by atoms with Crippen molar-refractivity contribution in [3.05, 3.63) is 42.7 Å². The number of anilines is 1. The van der Waals surface area contributed by atoms with Gasteiger partial charge in [-0.1, -0.05) is 0 Å². The second-order valence-electron chi connectivity index (χ2n) is 3.98. The van der Waals surface area contributed by atoms with E-state index in [1.165, 1.54) is 0 Å². The summed E-state index contributed by atoms with van der Waals surface area (Å²) in [6.45, 7) is 4.09. The zero-order chi connectivity index (χ0) is 13.1. The Labute approximate surface area is 109 Å². The molecule has 0 unspecified atom stereocenters. The summed E-state index contributed by atoms with van der Waals surface area (Å²) in [6, 6.07) is 3.67. The number of fused-ring (bicyclic) bond motifs is 1. The Kier molecular flexibility index (Phi) is 2.89. The molecular weight excluding hydrogens is 240 g/mol. The summed E-state index contributed by atoms with van der Waals surface area (Å²) in [4.78, 5) is 19.7. The quantitative estimate of drug-likeness (QED) is 0.698. The van der Waals surface area contributed by atoms with Gasteiger partial charge < -0.3 is 10.3 Å². The number of nitrogens with one attached hydrogen (secondary N) is 2. The number of imidazole rings is 1. The van der Waals surface area contributed by atoms with Gasteiger partial charge in [-0.3, -0.25) is 15.0 Å². The lowest BCUT2D eigenvalue weighted by molar-refractivity contribution is 1.01. The maximum atomic E-state index is 4.46. The van der Waals surface area contributed by atoms with Crippen LogP contribution in [0.15, 0.2) is 41.9 Å². The van der Waals surface area contributed by atoms with Gasteiger partial charge in [0.2, 0.25) is 0 Å². The fourth-order valence-electron chi connectivity index (χ4n) is 1.83.